The van der Waals surface area contributed by atoms with Gasteiger partial charge in [0, 0.05) is 25.8 Å². The van der Waals surface area contributed by atoms with Gasteiger partial charge in [0.05, 0.1) is 37.2 Å². The molecule has 0 spiro atoms. The number of imidazole rings is 1. The van der Waals surface area contributed by atoms with Crippen LogP contribution in [-0.4, -0.2) is 62.8 Å². The number of morpholine rings is 1. The highest BCUT2D eigenvalue weighted by atomic mass is 19.1. The Bertz CT molecular complexity index is 1360. The van der Waals surface area contributed by atoms with E-state index in [2.05, 4.69) is 20.3 Å². The number of ether oxygens (including phenoxy) is 2. The van der Waals surface area contributed by atoms with Crippen LogP contribution in [0.1, 0.15) is 21.7 Å². The topological polar surface area (TPSA) is 85.9 Å². The Morgan fingerprint density at radius 2 is 1.89 bits per heavy atom. The van der Waals surface area contributed by atoms with Crippen LogP contribution in [0.4, 0.5) is 14.5 Å². The summed E-state index contributed by atoms with van der Waals surface area (Å²) in [5.74, 6) is -1.60. The van der Waals surface area contributed by atoms with E-state index >= 15 is 0 Å². The lowest BCUT2D eigenvalue weighted by Crippen LogP contribution is -2.38. The second-order valence-electron chi connectivity index (χ2n) is 8.46. The van der Waals surface area contributed by atoms with E-state index < -0.39 is 17.5 Å². The number of carbonyl (C=O) groups excluding carboxylic acids is 1. The van der Waals surface area contributed by atoms with Crippen LogP contribution < -0.4 is 10.1 Å². The fourth-order valence-corrected chi connectivity index (χ4v) is 4.15. The average Bonchev–Trinajstić information content (AvgIpc) is 3.44. The monoisotopic (exact) mass is 496 g/mol. The molecule has 1 N–H and O–H groups in total. The van der Waals surface area contributed by atoms with Gasteiger partial charge in [-0.1, -0.05) is 12.1 Å². The molecule has 4 aromatic rings. The minimum Gasteiger partial charge on any atom is -0.471 e. The maximum atomic E-state index is 14.3. The summed E-state index contributed by atoms with van der Waals surface area (Å²) in [4.78, 5) is 19.7. The fourth-order valence-electron chi connectivity index (χ4n) is 4.15. The molecule has 11 heteroatoms. The molecule has 1 aromatic carbocycles. The van der Waals surface area contributed by atoms with Crippen LogP contribution >= 0.6 is 0 Å². The molecule has 36 heavy (non-hydrogen) atoms. The molecular formula is C25H26F2N6O3. The molecule has 9 nitrogen and oxygen atoms in total. The van der Waals surface area contributed by atoms with Crippen molar-refractivity contribution in [2.45, 2.75) is 20.1 Å². The number of amides is 1. The molecule has 0 bridgehead atoms. The van der Waals surface area contributed by atoms with E-state index in [1.165, 1.54) is 24.4 Å². The molecule has 0 radical (unpaired) electrons. The number of pyridine rings is 1. The molecule has 1 amide bonds. The molecule has 3 aromatic heterocycles. The zero-order chi connectivity index (χ0) is 25.1. The third kappa shape index (κ3) is 4.93. The molecule has 4 heterocycles. The number of hydrogen-bond donors (Lipinski definition) is 1. The van der Waals surface area contributed by atoms with Gasteiger partial charge in [0.15, 0.2) is 0 Å². The summed E-state index contributed by atoms with van der Waals surface area (Å²) in [6.45, 7) is 5.44. The third-order valence-corrected chi connectivity index (χ3v) is 6.12. The number of rotatable bonds is 8. The Morgan fingerprint density at radius 3 is 2.67 bits per heavy atom. The molecule has 0 unspecified atom stereocenters. The first-order valence-electron chi connectivity index (χ1n) is 11.7. The van der Waals surface area contributed by atoms with Crippen LogP contribution in [0.15, 0.2) is 48.8 Å². The van der Waals surface area contributed by atoms with Crippen LogP contribution in [-0.2, 0) is 17.9 Å². The van der Waals surface area contributed by atoms with Crippen molar-refractivity contribution in [2.24, 2.45) is 0 Å². The number of benzene rings is 1. The second kappa shape index (κ2) is 10.4. The lowest BCUT2D eigenvalue weighted by molar-refractivity contribution is 0.0355. The first-order valence-corrected chi connectivity index (χ1v) is 11.7. The van der Waals surface area contributed by atoms with Crippen molar-refractivity contribution >= 4 is 17.2 Å². The Morgan fingerprint density at radius 1 is 1.11 bits per heavy atom. The standard InChI is InChI=1S/C25H26F2N6O3/c1-17-23(29-24(34)21-15-28-22-7-2-3-8-32(21)22)25(36-16-18-19(26)5-4-6-20(18)27)33(30-17)10-9-31-11-13-35-14-12-31/h2-8,15H,9-14,16H2,1H3,(H,29,34). The highest BCUT2D eigenvalue weighted by Gasteiger charge is 2.23. The van der Waals surface area contributed by atoms with Gasteiger partial charge in [-0.25, -0.2) is 18.4 Å². The molecule has 0 aliphatic carbocycles. The fraction of sp³-hybridized carbons (Fsp3) is 0.320. The van der Waals surface area contributed by atoms with Gasteiger partial charge >= 0.3 is 0 Å². The SMILES string of the molecule is Cc1nn(CCN2CCOCC2)c(OCc2c(F)cccc2F)c1NC(=O)c1cnc2ccccn12. The molecule has 0 atom stereocenters. The Balaban J connectivity index is 1.42. The number of carbonyl (C=O) groups is 1. The molecular weight excluding hydrogens is 470 g/mol. The Labute approximate surface area is 206 Å². The van der Waals surface area contributed by atoms with Gasteiger partial charge in [0.2, 0.25) is 5.88 Å². The zero-order valence-corrected chi connectivity index (χ0v) is 19.8. The molecule has 0 saturated carbocycles. The van der Waals surface area contributed by atoms with Crippen molar-refractivity contribution in [3.8, 4) is 5.88 Å². The first kappa shape index (κ1) is 23.9. The number of anilines is 1. The Kier molecular flexibility index (Phi) is 6.92. The molecule has 1 fully saturated rings. The van der Waals surface area contributed by atoms with Crippen molar-refractivity contribution in [1.82, 2.24) is 24.1 Å². The largest absolute Gasteiger partial charge is 0.471 e. The summed E-state index contributed by atoms with van der Waals surface area (Å²) < 4.78 is 43.1. The number of halogens is 2. The minimum atomic E-state index is -0.706. The predicted molar refractivity (Wildman–Crippen MR) is 128 cm³/mol. The smallest absolute Gasteiger partial charge is 0.274 e. The highest BCUT2D eigenvalue weighted by Crippen LogP contribution is 2.30. The van der Waals surface area contributed by atoms with Gasteiger partial charge in [-0.2, -0.15) is 5.10 Å². The normalized spacial score (nSPS) is 14.3. The minimum absolute atomic E-state index is 0.199. The summed E-state index contributed by atoms with van der Waals surface area (Å²) in [5, 5.41) is 7.43. The summed E-state index contributed by atoms with van der Waals surface area (Å²) in [6.07, 6.45) is 3.23. The maximum Gasteiger partial charge on any atom is 0.274 e. The number of aryl methyl sites for hydroxylation is 1. The number of nitrogens with one attached hydrogen (secondary N) is 1. The quantitative estimate of drug-likeness (QED) is 0.403. The zero-order valence-electron chi connectivity index (χ0n) is 19.8. The van der Waals surface area contributed by atoms with E-state index in [1.807, 2.05) is 6.07 Å². The first-order chi connectivity index (χ1) is 17.5. The third-order valence-electron chi connectivity index (χ3n) is 6.12. The van der Waals surface area contributed by atoms with Gasteiger partial charge in [-0.05, 0) is 31.2 Å². The number of aromatic nitrogens is 4. The van der Waals surface area contributed by atoms with Crippen molar-refractivity contribution in [3.63, 3.8) is 0 Å². The molecule has 5 rings (SSSR count). The number of fused-ring (bicyclic) bond motifs is 1. The lowest BCUT2D eigenvalue weighted by atomic mass is 10.2. The van der Waals surface area contributed by atoms with E-state index in [0.717, 1.165) is 13.1 Å². The van der Waals surface area contributed by atoms with Gasteiger partial charge in [0.25, 0.3) is 5.91 Å². The van der Waals surface area contributed by atoms with Crippen molar-refractivity contribution in [3.05, 3.63) is 77.4 Å². The van der Waals surface area contributed by atoms with Crippen LogP contribution in [0.2, 0.25) is 0 Å². The number of nitrogens with zero attached hydrogens (tertiary/aromatic N) is 5. The van der Waals surface area contributed by atoms with E-state index in [9.17, 15) is 13.6 Å². The molecule has 1 aliphatic rings. The van der Waals surface area contributed by atoms with E-state index in [1.54, 1.807) is 34.3 Å². The van der Waals surface area contributed by atoms with Gasteiger partial charge in [-0.3, -0.25) is 14.1 Å². The Hall–Kier alpha value is -3.83. The van der Waals surface area contributed by atoms with Crippen LogP contribution in [0, 0.1) is 18.6 Å². The van der Waals surface area contributed by atoms with Crippen molar-refractivity contribution in [2.75, 3.05) is 38.2 Å². The average molecular weight is 497 g/mol. The highest BCUT2D eigenvalue weighted by molar-refractivity contribution is 6.04. The van der Waals surface area contributed by atoms with Crippen LogP contribution in [0.25, 0.3) is 5.65 Å². The lowest BCUT2D eigenvalue weighted by Gasteiger charge is -2.26. The summed E-state index contributed by atoms with van der Waals surface area (Å²) in [6, 6.07) is 9.08. The van der Waals surface area contributed by atoms with Crippen molar-refractivity contribution < 1.29 is 23.0 Å². The maximum absolute atomic E-state index is 14.3. The summed E-state index contributed by atoms with van der Waals surface area (Å²) in [7, 11) is 0. The van der Waals surface area contributed by atoms with Gasteiger partial charge < -0.3 is 14.8 Å². The van der Waals surface area contributed by atoms with Crippen LogP contribution in [0.3, 0.4) is 0 Å². The summed E-state index contributed by atoms with van der Waals surface area (Å²) >= 11 is 0. The van der Waals surface area contributed by atoms with Gasteiger partial charge in [-0.15, -0.1) is 0 Å². The van der Waals surface area contributed by atoms with E-state index in [-0.39, 0.29) is 18.1 Å². The van der Waals surface area contributed by atoms with Gasteiger partial charge in [0.1, 0.15) is 35.3 Å². The van der Waals surface area contributed by atoms with E-state index in [0.29, 0.717) is 49.0 Å². The number of hydrogen-bond acceptors (Lipinski definition) is 6. The summed E-state index contributed by atoms with van der Waals surface area (Å²) in [5.41, 5.74) is 1.62. The van der Waals surface area contributed by atoms with Crippen LogP contribution in [0.5, 0.6) is 5.88 Å². The van der Waals surface area contributed by atoms with E-state index in [4.69, 9.17) is 9.47 Å². The predicted octanol–water partition coefficient (Wildman–Crippen LogP) is 3.28. The second-order valence-corrected chi connectivity index (χ2v) is 8.46. The molecule has 188 valence electrons. The molecule has 1 aliphatic heterocycles. The molecule has 1 saturated heterocycles. The van der Waals surface area contributed by atoms with Crippen molar-refractivity contribution in [1.29, 1.82) is 0 Å².